The van der Waals surface area contributed by atoms with E-state index in [1.165, 1.54) is 12.1 Å². The molecule has 4 rings (SSSR count). The van der Waals surface area contributed by atoms with Crippen molar-refractivity contribution in [2.75, 3.05) is 18.0 Å². The Labute approximate surface area is 166 Å². The van der Waals surface area contributed by atoms with E-state index in [1.807, 2.05) is 17.0 Å². The molecule has 140 valence electrons. The van der Waals surface area contributed by atoms with E-state index < -0.39 is 11.8 Å². The number of hydrogen-bond donors (Lipinski definition) is 2. The predicted molar refractivity (Wildman–Crippen MR) is 109 cm³/mol. The number of halogens is 2. The molecule has 0 bridgehead atoms. The van der Waals surface area contributed by atoms with Gasteiger partial charge in [-0.1, -0.05) is 17.7 Å². The molecule has 1 aromatic heterocycles. The van der Waals surface area contributed by atoms with Gasteiger partial charge in [0.15, 0.2) is 5.69 Å². The van der Waals surface area contributed by atoms with Crippen LogP contribution in [0.15, 0.2) is 41.3 Å². The van der Waals surface area contributed by atoms with Gasteiger partial charge < -0.3 is 14.6 Å². The lowest BCUT2D eigenvalue weighted by Crippen LogP contribution is -2.30. The van der Waals surface area contributed by atoms with Crippen molar-refractivity contribution in [2.24, 2.45) is 0 Å². The lowest BCUT2D eigenvalue weighted by Gasteiger charge is -2.29. The number of anilines is 1. The Balaban J connectivity index is 2.10. The molecule has 1 N–H and O–H groups in total. The summed E-state index contributed by atoms with van der Waals surface area (Å²) in [4.78, 5) is 15.0. The maximum absolute atomic E-state index is 14.3. The van der Waals surface area contributed by atoms with Crippen LogP contribution < -0.4 is 4.90 Å². The number of hydrogen-bond acceptors (Lipinski definition) is 3. The first-order valence-electron chi connectivity index (χ1n) is 8.78. The van der Waals surface area contributed by atoms with Gasteiger partial charge in [0.2, 0.25) is 0 Å². The van der Waals surface area contributed by atoms with E-state index in [0.717, 1.165) is 32.4 Å². The van der Waals surface area contributed by atoms with Gasteiger partial charge in [-0.25, -0.2) is 9.18 Å². The van der Waals surface area contributed by atoms with Gasteiger partial charge in [-0.15, -0.1) is 12.6 Å². The van der Waals surface area contributed by atoms with Crippen LogP contribution in [0, 0.1) is 5.82 Å². The first-order chi connectivity index (χ1) is 13.0. The van der Waals surface area contributed by atoms with E-state index >= 15 is 0 Å². The lowest BCUT2D eigenvalue weighted by molar-refractivity contribution is 0.0689. The molecule has 1 fully saturated rings. The summed E-state index contributed by atoms with van der Waals surface area (Å²) in [6, 6.07) is 10.1. The van der Waals surface area contributed by atoms with Gasteiger partial charge in [-0.2, -0.15) is 0 Å². The lowest BCUT2D eigenvalue weighted by atomic mass is 10.1. The minimum absolute atomic E-state index is 0.0367. The fraction of sp³-hybridized carbons (Fsp3) is 0.250. The van der Waals surface area contributed by atoms with Crippen molar-refractivity contribution in [1.82, 2.24) is 4.57 Å². The topological polar surface area (TPSA) is 45.5 Å². The first-order valence-corrected chi connectivity index (χ1v) is 9.61. The number of fused-ring (bicyclic) bond motifs is 1. The average molecular weight is 405 g/mol. The Morgan fingerprint density at radius 2 is 1.89 bits per heavy atom. The summed E-state index contributed by atoms with van der Waals surface area (Å²) in [7, 11) is 0. The number of thiol groups is 1. The highest BCUT2D eigenvalue weighted by Gasteiger charge is 2.29. The molecule has 0 unspecified atom stereocenters. The summed E-state index contributed by atoms with van der Waals surface area (Å²) < 4.78 is 15.9. The molecule has 0 aliphatic carbocycles. The number of rotatable bonds is 3. The summed E-state index contributed by atoms with van der Waals surface area (Å²) in [5.74, 6) is -1.62. The standard InChI is InChI=1S/C20H18ClFN2O2S/c21-15-11-17-14(10-16(15)22)18(23-7-2-1-3-8-23)19(20(25)26)24(17)12-5-4-6-13(27)9-12/h4-6,9-11,27H,1-3,7-8H2,(H,25,26). The quantitative estimate of drug-likeness (QED) is 0.574. The summed E-state index contributed by atoms with van der Waals surface area (Å²) >= 11 is 10.4. The number of carboxylic acids is 1. The molecule has 0 amide bonds. The number of aromatic nitrogens is 1. The van der Waals surface area contributed by atoms with Crippen molar-refractivity contribution in [3.05, 3.63) is 52.9 Å². The summed E-state index contributed by atoms with van der Waals surface area (Å²) in [6.45, 7) is 1.49. The summed E-state index contributed by atoms with van der Waals surface area (Å²) in [5.41, 5.74) is 1.89. The maximum atomic E-state index is 14.3. The Bertz CT molecular complexity index is 1040. The summed E-state index contributed by atoms with van der Waals surface area (Å²) in [5, 5.41) is 10.6. The van der Waals surface area contributed by atoms with Gasteiger partial charge in [0.05, 0.1) is 16.2 Å². The molecule has 0 saturated carbocycles. The van der Waals surface area contributed by atoms with Crippen LogP contribution in [0.3, 0.4) is 0 Å². The third kappa shape index (κ3) is 3.17. The van der Waals surface area contributed by atoms with Gasteiger partial charge in [-0.05, 0) is 49.6 Å². The molecule has 4 nitrogen and oxygen atoms in total. The number of nitrogens with zero attached hydrogens (tertiary/aromatic N) is 2. The number of aromatic carboxylic acids is 1. The molecule has 3 aromatic rings. The van der Waals surface area contributed by atoms with Crippen LogP contribution in [0.1, 0.15) is 29.8 Å². The second-order valence-corrected chi connectivity index (χ2v) is 7.61. The molecule has 7 heteroatoms. The van der Waals surface area contributed by atoms with Crippen molar-refractivity contribution < 1.29 is 14.3 Å². The third-order valence-electron chi connectivity index (χ3n) is 4.95. The SMILES string of the molecule is O=C(O)c1c(N2CCCCC2)c2cc(F)c(Cl)cc2n1-c1cccc(S)c1. The molecular weight excluding hydrogens is 387 g/mol. The van der Waals surface area contributed by atoms with Crippen LogP contribution in [0.25, 0.3) is 16.6 Å². The molecule has 1 aliphatic heterocycles. The average Bonchev–Trinajstić information content (AvgIpc) is 2.97. The number of carbonyl (C=O) groups is 1. The highest BCUT2D eigenvalue weighted by molar-refractivity contribution is 7.80. The Kier molecular flexibility index (Phi) is 4.78. The highest BCUT2D eigenvalue weighted by atomic mass is 35.5. The fourth-order valence-corrected chi connectivity index (χ4v) is 4.18. The Morgan fingerprint density at radius 1 is 1.15 bits per heavy atom. The van der Waals surface area contributed by atoms with Crippen LogP contribution in [0.5, 0.6) is 0 Å². The van der Waals surface area contributed by atoms with E-state index in [-0.39, 0.29) is 10.7 Å². The van der Waals surface area contributed by atoms with Crippen LogP contribution in [0.2, 0.25) is 5.02 Å². The van der Waals surface area contributed by atoms with Crippen LogP contribution in [-0.2, 0) is 0 Å². The van der Waals surface area contributed by atoms with Gasteiger partial charge in [0, 0.05) is 29.1 Å². The van der Waals surface area contributed by atoms with Crippen molar-refractivity contribution in [3.63, 3.8) is 0 Å². The van der Waals surface area contributed by atoms with Crippen molar-refractivity contribution in [3.8, 4) is 5.69 Å². The van der Waals surface area contributed by atoms with Crippen molar-refractivity contribution in [1.29, 1.82) is 0 Å². The second-order valence-electron chi connectivity index (χ2n) is 6.69. The van der Waals surface area contributed by atoms with Gasteiger partial charge in [0.1, 0.15) is 5.82 Å². The van der Waals surface area contributed by atoms with Crippen molar-refractivity contribution >= 4 is 46.8 Å². The third-order valence-corrected chi connectivity index (χ3v) is 5.51. The molecule has 1 saturated heterocycles. The first kappa shape index (κ1) is 18.2. The summed E-state index contributed by atoms with van der Waals surface area (Å²) in [6.07, 6.45) is 3.07. The van der Waals surface area contributed by atoms with E-state index in [1.54, 1.807) is 16.7 Å². The number of benzene rings is 2. The fourth-order valence-electron chi connectivity index (χ4n) is 3.80. The van der Waals surface area contributed by atoms with Crippen LogP contribution in [-0.4, -0.2) is 28.7 Å². The Hall–Kier alpha value is -2.18. The smallest absolute Gasteiger partial charge is 0.355 e. The zero-order valence-electron chi connectivity index (χ0n) is 14.5. The van der Waals surface area contributed by atoms with E-state index in [2.05, 4.69) is 12.6 Å². The van der Waals surface area contributed by atoms with Gasteiger partial charge in [-0.3, -0.25) is 0 Å². The second kappa shape index (κ2) is 7.09. The zero-order chi connectivity index (χ0) is 19.1. The number of piperidine rings is 1. The largest absolute Gasteiger partial charge is 0.476 e. The highest BCUT2D eigenvalue weighted by Crippen LogP contribution is 2.40. The van der Waals surface area contributed by atoms with Gasteiger partial charge in [0.25, 0.3) is 0 Å². The van der Waals surface area contributed by atoms with Gasteiger partial charge >= 0.3 is 5.97 Å². The molecule has 0 radical (unpaired) electrons. The van der Waals surface area contributed by atoms with E-state index in [0.29, 0.717) is 27.2 Å². The number of carboxylic acid groups (broad SMARTS) is 1. The minimum atomic E-state index is -1.06. The molecule has 0 atom stereocenters. The van der Waals surface area contributed by atoms with Crippen molar-refractivity contribution in [2.45, 2.75) is 24.2 Å². The molecule has 0 spiro atoms. The molecular formula is C20H18ClFN2O2S. The normalized spacial score (nSPS) is 14.7. The maximum Gasteiger partial charge on any atom is 0.355 e. The molecule has 2 aromatic carbocycles. The minimum Gasteiger partial charge on any atom is -0.476 e. The molecule has 1 aliphatic rings. The van der Waals surface area contributed by atoms with E-state index in [4.69, 9.17) is 11.6 Å². The monoisotopic (exact) mass is 404 g/mol. The Morgan fingerprint density at radius 3 is 2.56 bits per heavy atom. The van der Waals surface area contributed by atoms with Crippen LogP contribution >= 0.6 is 24.2 Å². The molecule has 2 heterocycles. The predicted octanol–water partition coefficient (Wildman–Crippen LogP) is 5.40. The zero-order valence-corrected chi connectivity index (χ0v) is 16.1. The molecule has 27 heavy (non-hydrogen) atoms. The van der Waals surface area contributed by atoms with E-state index in [9.17, 15) is 14.3 Å². The van der Waals surface area contributed by atoms with Crippen LogP contribution in [0.4, 0.5) is 10.1 Å².